The van der Waals surface area contributed by atoms with Gasteiger partial charge in [-0.1, -0.05) is 282 Å². The summed E-state index contributed by atoms with van der Waals surface area (Å²) >= 11 is 0. The molecule has 4 heteroatoms. The Labute approximate surface area is 485 Å². The zero-order valence-corrected chi connectivity index (χ0v) is 48.8. The van der Waals surface area contributed by atoms with Gasteiger partial charge in [0.25, 0.3) is 0 Å². The first-order chi connectivity index (χ1) is 40.2. The zero-order chi connectivity index (χ0) is 55.2. The van der Waals surface area contributed by atoms with Crippen LogP contribution in [0.4, 0.5) is 34.1 Å². The van der Waals surface area contributed by atoms with Gasteiger partial charge in [-0.05, 0) is 135 Å². The van der Waals surface area contributed by atoms with E-state index in [2.05, 4.69) is 340 Å². The molecular formula is C78H62N2Si2. The van der Waals surface area contributed by atoms with Crippen molar-refractivity contribution in [3.63, 3.8) is 0 Å². The number of nitrogens with zero attached hydrogens (tertiary/aromatic N) is 2. The van der Waals surface area contributed by atoms with Crippen LogP contribution in [0.25, 0.3) is 22.3 Å². The molecular weight excluding hydrogens is 1020 g/mol. The molecule has 0 aromatic heterocycles. The van der Waals surface area contributed by atoms with E-state index in [0.717, 1.165) is 16.9 Å². The van der Waals surface area contributed by atoms with Gasteiger partial charge in [0.05, 0.1) is 16.8 Å². The molecule has 12 aromatic carbocycles. The molecule has 82 heavy (non-hydrogen) atoms. The molecule has 1 aliphatic carbocycles. The van der Waals surface area contributed by atoms with E-state index in [9.17, 15) is 0 Å². The van der Waals surface area contributed by atoms with E-state index in [4.69, 9.17) is 0 Å². The monoisotopic (exact) mass is 1080 g/mol. The molecule has 0 fully saturated rings. The second-order valence-electron chi connectivity index (χ2n) is 23.6. The van der Waals surface area contributed by atoms with Crippen LogP contribution in [0.5, 0.6) is 0 Å². The van der Waals surface area contributed by atoms with E-state index in [1.165, 1.54) is 104 Å². The molecule has 0 radical (unpaired) electrons. The van der Waals surface area contributed by atoms with Gasteiger partial charge in [-0.15, -0.1) is 0 Å². The molecule has 15 rings (SSSR count). The van der Waals surface area contributed by atoms with Crippen molar-refractivity contribution in [3.8, 4) is 22.3 Å². The summed E-state index contributed by atoms with van der Waals surface area (Å²) in [6.45, 7) is 9.77. The quantitative estimate of drug-likeness (QED) is 0.105. The highest BCUT2D eigenvalue weighted by Crippen LogP contribution is 2.56. The standard InChI is InChI=1S/C78H62N2Si2/c1-77(2)69-39-18-20-41-71(69)79(72-42-21-19-40-70(72)77)59-30-26-27-55(51-59)56-52-60(80-73-43-22-24-45-75(73)81(3,4)76-46-25-23-44-74(76)80)54-64(53-56)82(61-31-10-6-11-32-61,62-33-12-7-13-34-62)63-49-47-58(48-50-63)78(57-28-8-5-9-29-57)67-37-16-14-35-65(67)66-36-15-17-38-68(66)78/h5-54H,1-4H3. The van der Waals surface area contributed by atoms with Gasteiger partial charge < -0.3 is 9.80 Å². The molecule has 0 saturated carbocycles. The summed E-state index contributed by atoms with van der Waals surface area (Å²) in [7, 11) is -5.38. The van der Waals surface area contributed by atoms with Gasteiger partial charge in [0.2, 0.25) is 0 Å². The third-order valence-electron chi connectivity index (χ3n) is 18.6. The molecule has 2 nitrogen and oxygen atoms in total. The van der Waals surface area contributed by atoms with Crippen molar-refractivity contribution < 1.29 is 0 Å². The fourth-order valence-corrected chi connectivity index (χ4v) is 22.7. The average Bonchev–Trinajstić information content (AvgIpc) is 2.20. The van der Waals surface area contributed by atoms with Gasteiger partial charge in [-0.2, -0.15) is 0 Å². The maximum atomic E-state index is 2.59. The molecule has 0 bridgehead atoms. The zero-order valence-electron chi connectivity index (χ0n) is 46.8. The summed E-state index contributed by atoms with van der Waals surface area (Å²) in [6.07, 6.45) is 0. The van der Waals surface area contributed by atoms with Gasteiger partial charge in [0.15, 0.2) is 8.07 Å². The Morgan fingerprint density at radius 1 is 0.305 bits per heavy atom. The van der Waals surface area contributed by atoms with E-state index < -0.39 is 21.6 Å². The normalized spacial score (nSPS) is 14.8. The largest absolute Gasteiger partial charge is 0.311 e. The van der Waals surface area contributed by atoms with Crippen LogP contribution in [0.2, 0.25) is 13.1 Å². The van der Waals surface area contributed by atoms with Crippen LogP contribution in [-0.4, -0.2) is 16.1 Å². The highest BCUT2D eigenvalue weighted by molar-refractivity contribution is 7.20. The third kappa shape index (κ3) is 7.31. The van der Waals surface area contributed by atoms with Crippen molar-refractivity contribution in [1.82, 2.24) is 0 Å². The minimum Gasteiger partial charge on any atom is -0.311 e. The Kier molecular flexibility index (Phi) is 11.6. The van der Waals surface area contributed by atoms with E-state index in [1.54, 1.807) is 0 Å². The lowest BCUT2D eigenvalue weighted by molar-refractivity contribution is 0.632. The Bertz CT molecular complexity index is 4230. The average molecular weight is 1080 g/mol. The minimum absolute atomic E-state index is 0.168. The number of benzene rings is 12. The Morgan fingerprint density at radius 2 is 0.720 bits per heavy atom. The fraction of sp³-hybridized carbons (Fsp3) is 0.0769. The minimum atomic E-state index is -3.27. The van der Waals surface area contributed by atoms with Crippen LogP contribution in [0.15, 0.2) is 303 Å². The van der Waals surface area contributed by atoms with Crippen LogP contribution >= 0.6 is 0 Å². The van der Waals surface area contributed by atoms with Gasteiger partial charge in [-0.3, -0.25) is 0 Å². The topological polar surface area (TPSA) is 6.48 Å². The Hall–Kier alpha value is -9.33. The van der Waals surface area contributed by atoms with Gasteiger partial charge >= 0.3 is 0 Å². The molecule has 0 amide bonds. The summed E-state index contributed by atoms with van der Waals surface area (Å²) in [6, 6.07) is 116. The van der Waals surface area contributed by atoms with Gasteiger partial charge in [0.1, 0.15) is 8.07 Å². The second kappa shape index (κ2) is 19.2. The number of fused-ring (bicyclic) bond motifs is 7. The van der Waals surface area contributed by atoms with E-state index >= 15 is 0 Å². The smallest absolute Gasteiger partial charge is 0.179 e. The fourth-order valence-electron chi connectivity index (χ4n) is 14.9. The Balaban J connectivity index is 1.01. The predicted molar refractivity (Wildman–Crippen MR) is 351 cm³/mol. The van der Waals surface area contributed by atoms with Crippen LogP contribution in [-0.2, 0) is 10.8 Å². The first kappa shape index (κ1) is 49.7. The van der Waals surface area contributed by atoms with Crippen molar-refractivity contribution in [2.24, 2.45) is 0 Å². The summed E-state index contributed by atoms with van der Waals surface area (Å²) in [4.78, 5) is 5.09. The van der Waals surface area contributed by atoms with Crippen LogP contribution < -0.4 is 40.9 Å². The number of anilines is 6. The summed E-state index contributed by atoms with van der Waals surface area (Å²) in [5.74, 6) is 0. The van der Waals surface area contributed by atoms with E-state index in [1.807, 2.05) is 0 Å². The van der Waals surface area contributed by atoms with Crippen LogP contribution in [0.3, 0.4) is 0 Å². The number of rotatable bonds is 9. The molecule has 392 valence electrons. The van der Waals surface area contributed by atoms with Crippen molar-refractivity contribution in [3.05, 3.63) is 337 Å². The van der Waals surface area contributed by atoms with Crippen LogP contribution in [0.1, 0.15) is 47.2 Å². The van der Waals surface area contributed by atoms with E-state index in [-0.39, 0.29) is 5.41 Å². The maximum absolute atomic E-state index is 3.27. The van der Waals surface area contributed by atoms with Crippen molar-refractivity contribution in [2.45, 2.75) is 37.8 Å². The highest BCUT2D eigenvalue weighted by atomic mass is 28.3. The molecule has 12 aromatic rings. The molecule has 0 N–H and O–H groups in total. The third-order valence-corrected chi connectivity index (χ3v) is 26.9. The molecule has 2 aliphatic heterocycles. The Morgan fingerprint density at radius 3 is 1.27 bits per heavy atom. The number of hydrogen-bond acceptors (Lipinski definition) is 2. The molecule has 3 aliphatic rings. The van der Waals surface area contributed by atoms with Gasteiger partial charge in [0, 0.05) is 28.2 Å². The lowest BCUT2D eigenvalue weighted by Gasteiger charge is -2.42. The summed E-state index contributed by atoms with van der Waals surface area (Å²) < 4.78 is 0. The lowest BCUT2D eigenvalue weighted by atomic mass is 9.68. The van der Waals surface area contributed by atoms with E-state index in [0.29, 0.717) is 0 Å². The summed E-state index contributed by atoms with van der Waals surface area (Å²) in [5, 5.41) is 8.19. The van der Waals surface area contributed by atoms with Crippen molar-refractivity contribution in [2.75, 3.05) is 9.80 Å². The van der Waals surface area contributed by atoms with Gasteiger partial charge in [-0.25, -0.2) is 0 Å². The number of para-hydroxylation sites is 4. The summed E-state index contributed by atoms with van der Waals surface area (Å²) in [5.41, 5.74) is 19.3. The van der Waals surface area contributed by atoms with Crippen molar-refractivity contribution in [1.29, 1.82) is 0 Å². The first-order valence-electron chi connectivity index (χ1n) is 28.9. The molecule has 0 saturated heterocycles. The molecule has 0 unspecified atom stereocenters. The lowest BCUT2D eigenvalue weighted by Crippen LogP contribution is -2.74. The second-order valence-corrected chi connectivity index (χ2v) is 31.7. The number of hydrogen-bond donors (Lipinski definition) is 0. The first-order valence-corrected chi connectivity index (χ1v) is 33.9. The SMILES string of the molecule is CC1(C)c2ccccc2N(c2cccc(-c3cc(N4c5ccccc5[Si](C)(C)c5ccccc54)cc([Si](c4ccccc4)(c4ccccc4)c4ccc(C5(c6ccccc6)c6ccccc6-c6ccccc65)cc4)c3)c2)c2ccccc21. The van der Waals surface area contributed by atoms with Crippen LogP contribution in [0, 0.1) is 0 Å². The predicted octanol–water partition coefficient (Wildman–Crippen LogP) is 15.8. The molecule has 0 atom stereocenters. The highest BCUT2D eigenvalue weighted by Gasteiger charge is 2.48. The molecule has 2 heterocycles. The molecule has 0 spiro atoms. The maximum Gasteiger partial charge on any atom is 0.179 e. The van der Waals surface area contributed by atoms with Crippen molar-refractivity contribution >= 4 is 81.4 Å².